The number of anilines is 1. The first-order valence-corrected chi connectivity index (χ1v) is 15.9. The molecule has 1 aromatic heterocycles. The number of ether oxygens (including phenoxy) is 5. The molecular formula is C36H40N4O8. The standard InChI is InChI=1S/C36H40N4O8/c1-36(2,3)48-35(43)40-28(34(42)47-25-12-8-9-13-25)18-19-45-31-21-29-27(20-30(31)44-4)33(38-22-37-29)46-26-16-14-24(15-17-26)39-32(41)23-10-6-5-7-11-23/h5-7,10-11,14-17,20-22,25,28H,8-9,12-13,18-19H2,1-4H3,(H,39,41)(H,40,43). The fourth-order valence-electron chi connectivity index (χ4n) is 5.14. The predicted molar refractivity (Wildman–Crippen MR) is 179 cm³/mol. The van der Waals surface area contributed by atoms with E-state index in [9.17, 15) is 14.4 Å². The molecule has 0 radical (unpaired) electrons. The predicted octanol–water partition coefficient (Wildman–Crippen LogP) is 6.83. The number of hydrogen-bond acceptors (Lipinski definition) is 10. The molecule has 0 aliphatic heterocycles. The van der Waals surface area contributed by atoms with Gasteiger partial charge >= 0.3 is 12.1 Å². The summed E-state index contributed by atoms with van der Waals surface area (Å²) < 4.78 is 28.8. The van der Waals surface area contributed by atoms with Crippen LogP contribution in [0.15, 0.2) is 73.1 Å². The van der Waals surface area contributed by atoms with Gasteiger partial charge in [-0.05, 0) is 88.9 Å². The molecule has 252 valence electrons. The zero-order valence-electron chi connectivity index (χ0n) is 27.5. The van der Waals surface area contributed by atoms with Crippen LogP contribution in [-0.2, 0) is 14.3 Å². The molecule has 3 aromatic carbocycles. The lowest BCUT2D eigenvalue weighted by molar-refractivity contribution is -0.151. The molecule has 1 aliphatic carbocycles. The lowest BCUT2D eigenvalue weighted by atomic mass is 10.2. The van der Waals surface area contributed by atoms with Gasteiger partial charge in [0.2, 0.25) is 5.88 Å². The van der Waals surface area contributed by atoms with Crippen LogP contribution in [0.2, 0.25) is 0 Å². The Morgan fingerprint density at radius 3 is 2.35 bits per heavy atom. The monoisotopic (exact) mass is 656 g/mol. The van der Waals surface area contributed by atoms with Crippen molar-refractivity contribution in [3.05, 3.63) is 78.6 Å². The highest BCUT2D eigenvalue weighted by atomic mass is 16.6. The van der Waals surface area contributed by atoms with Crippen LogP contribution in [-0.4, -0.2) is 59.4 Å². The number of benzene rings is 3. The lowest BCUT2D eigenvalue weighted by Crippen LogP contribution is -2.45. The molecule has 4 aromatic rings. The minimum Gasteiger partial charge on any atom is -0.493 e. The minimum absolute atomic E-state index is 0.0592. The van der Waals surface area contributed by atoms with E-state index in [-0.39, 0.29) is 25.0 Å². The molecule has 12 nitrogen and oxygen atoms in total. The maximum absolute atomic E-state index is 13.0. The highest BCUT2D eigenvalue weighted by Crippen LogP contribution is 2.36. The molecular weight excluding hydrogens is 616 g/mol. The third-order valence-electron chi connectivity index (χ3n) is 7.47. The lowest BCUT2D eigenvalue weighted by Gasteiger charge is -2.24. The molecule has 0 saturated heterocycles. The summed E-state index contributed by atoms with van der Waals surface area (Å²) in [5.74, 6) is 0.833. The van der Waals surface area contributed by atoms with Gasteiger partial charge in [0.25, 0.3) is 5.91 Å². The van der Waals surface area contributed by atoms with E-state index in [1.807, 2.05) is 6.07 Å². The van der Waals surface area contributed by atoms with Gasteiger partial charge in [-0.25, -0.2) is 19.6 Å². The molecule has 2 N–H and O–H groups in total. The number of methoxy groups -OCH3 is 1. The highest BCUT2D eigenvalue weighted by molar-refractivity contribution is 6.04. The molecule has 2 amide bonds. The van der Waals surface area contributed by atoms with Gasteiger partial charge in [0.15, 0.2) is 11.5 Å². The van der Waals surface area contributed by atoms with E-state index < -0.39 is 23.7 Å². The average Bonchev–Trinajstić information content (AvgIpc) is 3.57. The van der Waals surface area contributed by atoms with Crippen molar-refractivity contribution < 1.29 is 38.1 Å². The number of esters is 1. The Morgan fingerprint density at radius 2 is 1.67 bits per heavy atom. The summed E-state index contributed by atoms with van der Waals surface area (Å²) in [6, 6.07) is 18.3. The van der Waals surface area contributed by atoms with Crippen molar-refractivity contribution in [2.45, 2.75) is 70.6 Å². The van der Waals surface area contributed by atoms with E-state index in [1.54, 1.807) is 81.4 Å². The molecule has 0 spiro atoms. The first-order valence-electron chi connectivity index (χ1n) is 15.9. The van der Waals surface area contributed by atoms with Crippen molar-refractivity contribution in [3.8, 4) is 23.1 Å². The summed E-state index contributed by atoms with van der Waals surface area (Å²) in [5.41, 5.74) is 0.975. The second-order valence-corrected chi connectivity index (χ2v) is 12.3. The summed E-state index contributed by atoms with van der Waals surface area (Å²) in [6.45, 7) is 5.30. The normalized spacial score (nSPS) is 13.8. The summed E-state index contributed by atoms with van der Waals surface area (Å²) in [4.78, 5) is 46.7. The van der Waals surface area contributed by atoms with Crippen LogP contribution in [0.25, 0.3) is 10.9 Å². The number of alkyl carbamates (subject to hydrolysis) is 1. The Balaban J connectivity index is 1.25. The zero-order chi connectivity index (χ0) is 34.1. The van der Waals surface area contributed by atoms with E-state index in [4.69, 9.17) is 23.7 Å². The van der Waals surface area contributed by atoms with Crippen molar-refractivity contribution in [1.82, 2.24) is 15.3 Å². The minimum atomic E-state index is -0.965. The number of aromatic nitrogens is 2. The molecule has 1 saturated carbocycles. The van der Waals surface area contributed by atoms with Gasteiger partial charge in [0.1, 0.15) is 29.8 Å². The van der Waals surface area contributed by atoms with Crippen molar-refractivity contribution in [2.24, 2.45) is 0 Å². The second-order valence-electron chi connectivity index (χ2n) is 12.3. The first-order chi connectivity index (χ1) is 23.1. The number of amides is 2. The quantitative estimate of drug-likeness (QED) is 0.156. The van der Waals surface area contributed by atoms with Crippen LogP contribution < -0.4 is 24.8 Å². The van der Waals surface area contributed by atoms with Crippen molar-refractivity contribution in [3.63, 3.8) is 0 Å². The third-order valence-corrected chi connectivity index (χ3v) is 7.47. The van der Waals surface area contributed by atoms with E-state index in [2.05, 4.69) is 20.6 Å². The summed E-state index contributed by atoms with van der Waals surface area (Å²) in [7, 11) is 1.51. The van der Waals surface area contributed by atoms with Crippen molar-refractivity contribution in [2.75, 3.05) is 19.0 Å². The number of rotatable bonds is 12. The highest BCUT2D eigenvalue weighted by Gasteiger charge is 2.29. The van der Waals surface area contributed by atoms with E-state index in [0.29, 0.717) is 45.3 Å². The van der Waals surface area contributed by atoms with Gasteiger partial charge in [0.05, 0.1) is 24.6 Å². The number of carbonyl (C=O) groups excluding carboxylic acids is 3. The first kappa shape index (κ1) is 34.0. The van der Waals surface area contributed by atoms with Crippen LogP contribution in [0.4, 0.5) is 10.5 Å². The number of nitrogens with zero attached hydrogens (tertiary/aromatic N) is 2. The van der Waals surface area contributed by atoms with Crippen molar-refractivity contribution >= 4 is 34.6 Å². The van der Waals surface area contributed by atoms with E-state index in [1.165, 1.54) is 13.4 Å². The molecule has 5 rings (SSSR count). The largest absolute Gasteiger partial charge is 0.493 e. The van der Waals surface area contributed by atoms with Crippen LogP contribution >= 0.6 is 0 Å². The Kier molecular flexibility index (Phi) is 10.9. The van der Waals surface area contributed by atoms with Crippen LogP contribution in [0, 0.1) is 0 Å². The van der Waals surface area contributed by atoms with E-state index in [0.717, 1.165) is 25.7 Å². The van der Waals surface area contributed by atoms with E-state index >= 15 is 0 Å². The number of carbonyl (C=O) groups is 3. The second kappa shape index (κ2) is 15.5. The Hall–Kier alpha value is -5.39. The SMILES string of the molecule is COc1cc2c(Oc3ccc(NC(=O)c4ccccc4)cc3)ncnc2cc1OCCC(NC(=O)OC(C)(C)C)C(=O)OC1CCCC1. The Morgan fingerprint density at radius 1 is 0.938 bits per heavy atom. The molecule has 1 atom stereocenters. The molecule has 1 heterocycles. The fraction of sp³-hybridized carbons (Fsp3) is 0.361. The molecule has 12 heteroatoms. The number of fused-ring (bicyclic) bond motifs is 1. The average molecular weight is 657 g/mol. The molecule has 0 bridgehead atoms. The fourth-order valence-corrected chi connectivity index (χ4v) is 5.14. The van der Waals surface area contributed by atoms with Crippen LogP contribution in [0.3, 0.4) is 0 Å². The van der Waals surface area contributed by atoms with Gasteiger partial charge in [-0.2, -0.15) is 0 Å². The van der Waals surface area contributed by atoms with Gasteiger partial charge in [-0.3, -0.25) is 4.79 Å². The summed E-state index contributed by atoms with van der Waals surface area (Å²) in [6.07, 6.45) is 4.26. The van der Waals surface area contributed by atoms with Gasteiger partial charge in [0, 0.05) is 23.7 Å². The van der Waals surface area contributed by atoms with Crippen LogP contribution in [0.1, 0.15) is 63.2 Å². The summed E-state index contributed by atoms with van der Waals surface area (Å²) >= 11 is 0. The maximum atomic E-state index is 13.0. The van der Waals surface area contributed by atoms with Gasteiger partial charge in [-0.1, -0.05) is 18.2 Å². The molecule has 1 aliphatic rings. The zero-order valence-corrected chi connectivity index (χ0v) is 27.5. The van der Waals surface area contributed by atoms with Crippen molar-refractivity contribution in [1.29, 1.82) is 0 Å². The molecule has 1 fully saturated rings. The number of hydrogen-bond donors (Lipinski definition) is 2. The topological polar surface area (TPSA) is 147 Å². The Bertz CT molecular complexity index is 1720. The third kappa shape index (κ3) is 9.34. The van der Waals surface area contributed by atoms with Crippen LogP contribution in [0.5, 0.6) is 23.1 Å². The maximum Gasteiger partial charge on any atom is 0.408 e. The summed E-state index contributed by atoms with van der Waals surface area (Å²) in [5, 5.41) is 6.08. The smallest absolute Gasteiger partial charge is 0.408 e. The Labute approximate surface area is 279 Å². The van der Waals surface area contributed by atoms with Gasteiger partial charge < -0.3 is 34.3 Å². The van der Waals surface area contributed by atoms with Gasteiger partial charge in [-0.15, -0.1) is 0 Å². The molecule has 48 heavy (non-hydrogen) atoms. The molecule has 1 unspecified atom stereocenters. The number of nitrogens with one attached hydrogen (secondary N) is 2.